The molecule has 0 aromatic carbocycles. The number of rotatable bonds is 4. The second kappa shape index (κ2) is 5.22. The highest BCUT2D eigenvalue weighted by Crippen LogP contribution is 2.13. The minimum atomic E-state index is -0.407. The molecule has 3 heteroatoms. The minimum absolute atomic E-state index is 0.129. The van der Waals surface area contributed by atoms with Gasteiger partial charge in [0.15, 0.2) is 0 Å². The average molecular weight is 188 g/mol. The molecule has 0 aliphatic carbocycles. The van der Waals surface area contributed by atoms with Gasteiger partial charge in [-0.1, -0.05) is 6.92 Å². The molecule has 0 rings (SSSR count). The molecule has 78 valence electrons. The van der Waals surface area contributed by atoms with E-state index >= 15 is 0 Å². The summed E-state index contributed by atoms with van der Waals surface area (Å²) in [6.45, 7) is 7.61. The number of hydrogen-bond acceptors (Lipinski definition) is 3. The predicted octanol–water partition coefficient (Wildman–Crippen LogP) is 1.74. The Morgan fingerprint density at radius 3 is 2.38 bits per heavy atom. The van der Waals surface area contributed by atoms with E-state index in [9.17, 15) is 4.79 Å². The van der Waals surface area contributed by atoms with E-state index < -0.39 is 5.60 Å². The van der Waals surface area contributed by atoms with Crippen molar-refractivity contribution >= 4 is 5.97 Å². The Bertz CT molecular complexity index is 158. The van der Waals surface area contributed by atoms with Crippen LogP contribution in [0.5, 0.6) is 0 Å². The number of carbonyl (C=O) groups is 1. The van der Waals surface area contributed by atoms with Crippen LogP contribution in [0.2, 0.25) is 0 Å². The van der Waals surface area contributed by atoms with Gasteiger partial charge in [-0.3, -0.25) is 4.79 Å². The molecule has 3 nitrogen and oxygen atoms in total. The average Bonchev–Trinajstić information content (AvgIpc) is 1.81. The van der Waals surface area contributed by atoms with Crippen LogP contribution in [0.25, 0.3) is 0 Å². The maximum absolute atomic E-state index is 11.2. The van der Waals surface area contributed by atoms with Gasteiger partial charge in [0.2, 0.25) is 0 Å². The van der Waals surface area contributed by atoms with Crippen molar-refractivity contribution in [1.82, 2.24) is 0 Å². The SMILES string of the molecule is C[C@@H](CCO)CC(=O)OC(C)(C)C. The van der Waals surface area contributed by atoms with Gasteiger partial charge < -0.3 is 9.84 Å². The number of hydrogen-bond donors (Lipinski definition) is 1. The Hall–Kier alpha value is -0.570. The Kier molecular flexibility index (Phi) is 4.99. The summed E-state index contributed by atoms with van der Waals surface area (Å²) in [6, 6.07) is 0. The molecule has 0 amide bonds. The van der Waals surface area contributed by atoms with Crippen LogP contribution in [-0.2, 0) is 9.53 Å². The molecule has 1 N–H and O–H groups in total. The number of esters is 1. The third-order valence-electron chi connectivity index (χ3n) is 1.56. The lowest BCUT2D eigenvalue weighted by molar-refractivity contribution is -0.155. The monoisotopic (exact) mass is 188 g/mol. The van der Waals surface area contributed by atoms with Crippen LogP contribution in [-0.4, -0.2) is 23.3 Å². The van der Waals surface area contributed by atoms with Crippen molar-refractivity contribution in [2.45, 2.75) is 46.1 Å². The van der Waals surface area contributed by atoms with Crippen molar-refractivity contribution in [3.63, 3.8) is 0 Å². The smallest absolute Gasteiger partial charge is 0.306 e. The Labute approximate surface area is 80.1 Å². The summed E-state index contributed by atoms with van der Waals surface area (Å²) in [5.74, 6) is 0.00769. The van der Waals surface area contributed by atoms with Crippen molar-refractivity contribution in [2.24, 2.45) is 5.92 Å². The first-order valence-corrected chi connectivity index (χ1v) is 4.68. The number of ether oxygens (including phenoxy) is 1. The summed E-state index contributed by atoms with van der Waals surface area (Å²) in [4.78, 5) is 11.2. The van der Waals surface area contributed by atoms with Gasteiger partial charge in [-0.05, 0) is 33.1 Å². The molecule has 0 aromatic rings. The molecule has 0 bridgehead atoms. The summed E-state index contributed by atoms with van der Waals surface area (Å²) in [5, 5.41) is 8.63. The van der Waals surface area contributed by atoms with E-state index in [1.807, 2.05) is 27.7 Å². The van der Waals surface area contributed by atoms with Gasteiger partial charge in [0.25, 0.3) is 0 Å². The normalized spacial score (nSPS) is 13.9. The lowest BCUT2D eigenvalue weighted by Gasteiger charge is -2.20. The molecule has 1 atom stereocenters. The highest BCUT2D eigenvalue weighted by Gasteiger charge is 2.17. The fourth-order valence-electron chi connectivity index (χ4n) is 0.990. The Morgan fingerprint density at radius 2 is 2.00 bits per heavy atom. The van der Waals surface area contributed by atoms with Crippen LogP contribution < -0.4 is 0 Å². The van der Waals surface area contributed by atoms with E-state index in [0.717, 1.165) is 0 Å². The topological polar surface area (TPSA) is 46.5 Å². The number of aliphatic hydroxyl groups excluding tert-OH is 1. The van der Waals surface area contributed by atoms with E-state index in [1.54, 1.807) is 0 Å². The van der Waals surface area contributed by atoms with Crippen molar-refractivity contribution in [1.29, 1.82) is 0 Å². The lowest BCUT2D eigenvalue weighted by Crippen LogP contribution is -2.25. The molecule has 0 aliphatic heterocycles. The third kappa shape index (κ3) is 7.78. The molecular weight excluding hydrogens is 168 g/mol. The molecular formula is C10H20O3. The first kappa shape index (κ1) is 12.4. The molecule has 0 heterocycles. The first-order chi connectivity index (χ1) is 5.85. The maximum Gasteiger partial charge on any atom is 0.306 e. The Balaban J connectivity index is 3.74. The van der Waals surface area contributed by atoms with Crippen LogP contribution >= 0.6 is 0 Å². The van der Waals surface area contributed by atoms with E-state index in [1.165, 1.54) is 0 Å². The van der Waals surface area contributed by atoms with Crippen LogP contribution in [0.15, 0.2) is 0 Å². The predicted molar refractivity (Wildman–Crippen MR) is 51.3 cm³/mol. The Morgan fingerprint density at radius 1 is 1.46 bits per heavy atom. The van der Waals surface area contributed by atoms with Crippen LogP contribution in [0.4, 0.5) is 0 Å². The molecule has 0 saturated carbocycles. The molecule has 0 aromatic heterocycles. The van der Waals surface area contributed by atoms with Gasteiger partial charge in [0, 0.05) is 13.0 Å². The fraction of sp³-hybridized carbons (Fsp3) is 0.900. The zero-order chi connectivity index (χ0) is 10.5. The summed E-state index contributed by atoms with van der Waals surface area (Å²) in [6.07, 6.45) is 1.04. The molecule has 0 spiro atoms. The van der Waals surface area contributed by atoms with Crippen LogP contribution in [0.3, 0.4) is 0 Å². The highest BCUT2D eigenvalue weighted by molar-refractivity contribution is 5.70. The molecule has 0 radical (unpaired) electrons. The van der Waals surface area contributed by atoms with Gasteiger partial charge >= 0.3 is 5.97 Å². The molecule has 0 saturated heterocycles. The molecule has 13 heavy (non-hydrogen) atoms. The van der Waals surface area contributed by atoms with E-state index in [0.29, 0.717) is 12.8 Å². The fourth-order valence-corrected chi connectivity index (χ4v) is 0.990. The van der Waals surface area contributed by atoms with Gasteiger partial charge in [-0.25, -0.2) is 0 Å². The van der Waals surface area contributed by atoms with E-state index in [2.05, 4.69) is 0 Å². The second-order valence-corrected chi connectivity index (χ2v) is 4.41. The first-order valence-electron chi connectivity index (χ1n) is 4.68. The zero-order valence-corrected chi connectivity index (χ0v) is 8.96. The molecule has 0 fully saturated rings. The summed E-state index contributed by atoms with van der Waals surface area (Å²) < 4.78 is 5.13. The summed E-state index contributed by atoms with van der Waals surface area (Å²) in [7, 11) is 0. The van der Waals surface area contributed by atoms with Crippen molar-refractivity contribution in [3.05, 3.63) is 0 Å². The largest absolute Gasteiger partial charge is 0.460 e. The van der Waals surface area contributed by atoms with Crippen molar-refractivity contribution in [2.75, 3.05) is 6.61 Å². The highest BCUT2D eigenvalue weighted by atomic mass is 16.6. The summed E-state index contributed by atoms with van der Waals surface area (Å²) in [5.41, 5.74) is -0.407. The third-order valence-corrected chi connectivity index (χ3v) is 1.56. The quantitative estimate of drug-likeness (QED) is 0.683. The molecule has 0 aliphatic rings. The number of carbonyl (C=O) groups excluding carboxylic acids is 1. The number of aliphatic hydroxyl groups is 1. The van der Waals surface area contributed by atoms with Gasteiger partial charge in [-0.2, -0.15) is 0 Å². The summed E-state index contributed by atoms with van der Waals surface area (Å²) >= 11 is 0. The van der Waals surface area contributed by atoms with Gasteiger partial charge in [-0.15, -0.1) is 0 Å². The van der Waals surface area contributed by atoms with E-state index in [-0.39, 0.29) is 18.5 Å². The van der Waals surface area contributed by atoms with Gasteiger partial charge in [0.1, 0.15) is 5.60 Å². The van der Waals surface area contributed by atoms with Crippen molar-refractivity contribution < 1.29 is 14.6 Å². The van der Waals surface area contributed by atoms with Crippen LogP contribution in [0, 0.1) is 5.92 Å². The standard InChI is InChI=1S/C10H20O3/c1-8(5-6-11)7-9(12)13-10(2,3)4/h8,11H,5-7H2,1-4H3/t8-/m0/s1. The van der Waals surface area contributed by atoms with E-state index in [4.69, 9.17) is 9.84 Å². The zero-order valence-electron chi connectivity index (χ0n) is 8.96. The lowest BCUT2D eigenvalue weighted by atomic mass is 10.0. The van der Waals surface area contributed by atoms with Gasteiger partial charge in [0.05, 0.1) is 0 Å². The minimum Gasteiger partial charge on any atom is -0.460 e. The molecule has 0 unspecified atom stereocenters. The second-order valence-electron chi connectivity index (χ2n) is 4.41. The van der Waals surface area contributed by atoms with Crippen molar-refractivity contribution in [3.8, 4) is 0 Å². The van der Waals surface area contributed by atoms with Crippen LogP contribution in [0.1, 0.15) is 40.5 Å². The maximum atomic E-state index is 11.2.